The number of piperidine rings is 1. The molecule has 6 nitrogen and oxygen atoms in total. The number of nitrogens with zero attached hydrogens (tertiary/aromatic N) is 3. The van der Waals surface area contributed by atoms with Gasteiger partial charge in [0.15, 0.2) is 5.96 Å². The van der Waals surface area contributed by atoms with Crippen LogP contribution in [0.5, 0.6) is 0 Å². The van der Waals surface area contributed by atoms with Crippen molar-refractivity contribution in [1.82, 2.24) is 10.6 Å². The van der Waals surface area contributed by atoms with Crippen molar-refractivity contribution < 1.29 is 9.50 Å². The van der Waals surface area contributed by atoms with Crippen LogP contribution in [-0.2, 0) is 6.54 Å². The van der Waals surface area contributed by atoms with Gasteiger partial charge in [-0.15, -0.1) is 24.0 Å². The Morgan fingerprint density at radius 3 is 2.48 bits per heavy atom. The fourth-order valence-corrected chi connectivity index (χ4v) is 4.45. The summed E-state index contributed by atoms with van der Waals surface area (Å²) in [7, 11) is 0. The Kier molecular flexibility index (Phi) is 9.61. The maximum atomic E-state index is 14.7. The van der Waals surface area contributed by atoms with Crippen LogP contribution in [0.25, 0.3) is 0 Å². The molecule has 1 unspecified atom stereocenters. The molecule has 180 valence electrons. The first-order chi connectivity index (χ1) is 15.6. The van der Waals surface area contributed by atoms with Crippen molar-refractivity contribution in [3.8, 4) is 0 Å². The molecule has 0 aromatic heterocycles. The average Bonchev–Trinajstić information content (AvgIpc) is 3.28. The maximum absolute atomic E-state index is 14.7. The summed E-state index contributed by atoms with van der Waals surface area (Å²) in [4.78, 5) is 9.10. The first kappa shape index (κ1) is 25.6. The van der Waals surface area contributed by atoms with Crippen LogP contribution in [0.1, 0.15) is 31.7 Å². The van der Waals surface area contributed by atoms with Gasteiger partial charge in [-0.05, 0) is 56.0 Å². The second-order valence-corrected chi connectivity index (χ2v) is 8.61. The number of aliphatic hydroxyl groups is 1. The van der Waals surface area contributed by atoms with Crippen molar-refractivity contribution in [2.45, 2.75) is 44.9 Å². The molecular formula is C25H35FIN5O. The highest BCUT2D eigenvalue weighted by molar-refractivity contribution is 14.0. The van der Waals surface area contributed by atoms with Crippen LogP contribution in [0.4, 0.5) is 15.8 Å². The first-order valence-corrected chi connectivity index (χ1v) is 11.7. The lowest BCUT2D eigenvalue weighted by molar-refractivity contribution is 0.145. The molecule has 8 heteroatoms. The summed E-state index contributed by atoms with van der Waals surface area (Å²) >= 11 is 0. The minimum absolute atomic E-state index is 0. The lowest BCUT2D eigenvalue weighted by Gasteiger charge is -2.31. The Balaban J connectivity index is 0.00000306. The molecule has 0 radical (unpaired) electrons. The van der Waals surface area contributed by atoms with Crippen LogP contribution in [0, 0.1) is 5.82 Å². The van der Waals surface area contributed by atoms with E-state index in [1.54, 1.807) is 6.07 Å². The molecule has 0 aliphatic carbocycles. The van der Waals surface area contributed by atoms with Gasteiger partial charge < -0.3 is 25.5 Å². The zero-order chi connectivity index (χ0) is 22.3. The lowest BCUT2D eigenvalue weighted by Crippen LogP contribution is -2.44. The van der Waals surface area contributed by atoms with Gasteiger partial charge in [0.2, 0.25) is 0 Å². The van der Waals surface area contributed by atoms with Crippen molar-refractivity contribution in [2.75, 3.05) is 42.5 Å². The molecule has 2 aliphatic rings. The zero-order valence-electron chi connectivity index (χ0n) is 19.2. The van der Waals surface area contributed by atoms with Crippen molar-refractivity contribution in [3.63, 3.8) is 0 Å². The molecule has 4 rings (SSSR count). The van der Waals surface area contributed by atoms with Crippen LogP contribution in [0.2, 0.25) is 0 Å². The number of hydrogen-bond acceptors (Lipinski definition) is 4. The summed E-state index contributed by atoms with van der Waals surface area (Å²) < 4.78 is 14.7. The highest BCUT2D eigenvalue weighted by Gasteiger charge is 2.23. The minimum atomic E-state index is -0.264. The largest absolute Gasteiger partial charge is 0.393 e. The van der Waals surface area contributed by atoms with Gasteiger partial charge >= 0.3 is 0 Å². The van der Waals surface area contributed by atoms with Gasteiger partial charge in [0.1, 0.15) is 5.82 Å². The fourth-order valence-electron chi connectivity index (χ4n) is 4.45. The zero-order valence-corrected chi connectivity index (χ0v) is 21.5. The molecule has 2 aromatic carbocycles. The van der Waals surface area contributed by atoms with Gasteiger partial charge in [0.05, 0.1) is 18.3 Å². The highest BCUT2D eigenvalue weighted by Crippen LogP contribution is 2.24. The van der Waals surface area contributed by atoms with Gasteiger partial charge in [-0.3, -0.25) is 0 Å². The predicted molar refractivity (Wildman–Crippen MR) is 144 cm³/mol. The first-order valence-electron chi connectivity index (χ1n) is 11.7. The van der Waals surface area contributed by atoms with E-state index in [4.69, 9.17) is 4.99 Å². The third-order valence-electron chi connectivity index (χ3n) is 6.23. The van der Waals surface area contributed by atoms with E-state index in [-0.39, 0.29) is 35.9 Å². The van der Waals surface area contributed by atoms with Crippen molar-refractivity contribution in [1.29, 1.82) is 0 Å². The van der Waals surface area contributed by atoms with Gasteiger partial charge in [0, 0.05) is 44.5 Å². The van der Waals surface area contributed by atoms with Crippen LogP contribution in [0.15, 0.2) is 53.5 Å². The molecule has 33 heavy (non-hydrogen) atoms. The van der Waals surface area contributed by atoms with E-state index in [1.807, 2.05) is 30.0 Å². The molecule has 1 atom stereocenters. The Morgan fingerprint density at radius 1 is 1.06 bits per heavy atom. The van der Waals surface area contributed by atoms with E-state index in [9.17, 15) is 9.50 Å². The molecular weight excluding hydrogens is 532 g/mol. The Labute approximate surface area is 213 Å². The monoisotopic (exact) mass is 567 g/mol. The SMILES string of the molecule is CCNC(=NCc1ccc(N2CCC(O)CC2)c(F)c1)NC1CCN(c2ccccc2)C1.I. The topological polar surface area (TPSA) is 63.1 Å². The molecule has 3 N–H and O–H groups in total. The number of aliphatic imine (C=N–C) groups is 1. The second kappa shape index (κ2) is 12.4. The number of anilines is 2. The molecule has 0 saturated carbocycles. The average molecular weight is 567 g/mol. The number of para-hydroxylation sites is 1. The van der Waals surface area contributed by atoms with E-state index in [0.29, 0.717) is 44.2 Å². The van der Waals surface area contributed by atoms with Crippen LogP contribution in [0.3, 0.4) is 0 Å². The summed E-state index contributed by atoms with van der Waals surface area (Å²) in [6, 6.07) is 16.2. The van der Waals surface area contributed by atoms with Crippen molar-refractivity contribution >= 4 is 41.3 Å². The van der Waals surface area contributed by atoms with Crippen LogP contribution in [-0.4, -0.2) is 55.9 Å². The van der Waals surface area contributed by atoms with Gasteiger partial charge in [-0.2, -0.15) is 0 Å². The summed E-state index contributed by atoms with van der Waals surface area (Å²) in [5, 5.41) is 16.5. The van der Waals surface area contributed by atoms with E-state index < -0.39 is 0 Å². The predicted octanol–water partition coefficient (Wildman–Crippen LogP) is 3.74. The minimum Gasteiger partial charge on any atom is -0.393 e. The summed E-state index contributed by atoms with van der Waals surface area (Å²) in [5.74, 6) is 0.545. The third kappa shape index (κ3) is 6.96. The lowest BCUT2D eigenvalue weighted by atomic mass is 10.1. The van der Waals surface area contributed by atoms with E-state index in [0.717, 1.165) is 37.6 Å². The number of halogens is 2. The molecule has 0 bridgehead atoms. The maximum Gasteiger partial charge on any atom is 0.191 e. The van der Waals surface area contributed by atoms with Gasteiger partial charge in [0.25, 0.3) is 0 Å². The highest BCUT2D eigenvalue weighted by atomic mass is 127. The molecule has 2 saturated heterocycles. The second-order valence-electron chi connectivity index (χ2n) is 8.61. The van der Waals surface area contributed by atoms with Crippen molar-refractivity contribution in [3.05, 3.63) is 59.9 Å². The van der Waals surface area contributed by atoms with E-state index in [1.165, 1.54) is 5.69 Å². The Hall–Kier alpha value is -2.07. The molecule has 0 amide bonds. The number of nitrogens with one attached hydrogen (secondary N) is 2. The number of guanidine groups is 1. The molecule has 2 aromatic rings. The standard InChI is InChI=1S/C25H34FN5O.HI/c1-2-27-25(29-20-10-13-31(18-20)21-6-4-3-5-7-21)28-17-19-8-9-24(23(26)16-19)30-14-11-22(32)12-15-30;/h3-9,16,20,22,32H,2,10-15,17-18H2,1H3,(H2,27,28,29);1H. The number of hydrogen-bond donors (Lipinski definition) is 3. The van der Waals surface area contributed by atoms with E-state index >= 15 is 0 Å². The van der Waals surface area contributed by atoms with Crippen LogP contribution >= 0.6 is 24.0 Å². The summed E-state index contributed by atoms with van der Waals surface area (Å²) in [6.45, 7) is 6.56. The van der Waals surface area contributed by atoms with Gasteiger partial charge in [-0.1, -0.05) is 24.3 Å². The van der Waals surface area contributed by atoms with Crippen LogP contribution < -0.4 is 20.4 Å². The Bertz CT molecular complexity index is 905. The fraction of sp³-hybridized carbons (Fsp3) is 0.480. The molecule has 2 heterocycles. The Morgan fingerprint density at radius 2 is 1.79 bits per heavy atom. The number of benzene rings is 2. The number of rotatable bonds is 6. The molecule has 2 fully saturated rings. The normalized spacial score (nSPS) is 19.4. The number of aliphatic hydroxyl groups excluding tert-OH is 1. The summed E-state index contributed by atoms with van der Waals surface area (Å²) in [6.07, 6.45) is 2.16. The quantitative estimate of drug-likeness (QED) is 0.282. The molecule has 0 spiro atoms. The smallest absolute Gasteiger partial charge is 0.191 e. The summed E-state index contributed by atoms with van der Waals surface area (Å²) in [5.41, 5.74) is 2.71. The van der Waals surface area contributed by atoms with E-state index in [2.05, 4.69) is 39.8 Å². The van der Waals surface area contributed by atoms with Gasteiger partial charge in [-0.25, -0.2) is 9.38 Å². The van der Waals surface area contributed by atoms with Crippen molar-refractivity contribution in [2.24, 2.45) is 4.99 Å². The molecule has 2 aliphatic heterocycles. The third-order valence-corrected chi connectivity index (χ3v) is 6.23.